The zero-order chi connectivity index (χ0) is 17.2. The van der Waals surface area contributed by atoms with Crippen molar-refractivity contribution in [2.24, 2.45) is 15.3 Å². The SMILES string of the molecule is CN(CCCN=[N+]=[N-])c1ccc(N=Nc2ccc(CO)cc2)cc1. The maximum absolute atomic E-state index is 9.01. The molecule has 0 radical (unpaired) electrons. The Bertz CT molecular complexity index is 705. The van der Waals surface area contributed by atoms with Gasteiger partial charge < -0.3 is 10.0 Å². The maximum Gasteiger partial charge on any atom is 0.0858 e. The fourth-order valence-electron chi connectivity index (χ4n) is 2.11. The molecule has 7 nitrogen and oxygen atoms in total. The van der Waals surface area contributed by atoms with E-state index in [1.54, 1.807) is 0 Å². The highest BCUT2D eigenvalue weighted by Gasteiger charge is 2.00. The molecule has 24 heavy (non-hydrogen) atoms. The first-order valence-electron chi connectivity index (χ1n) is 7.66. The number of aliphatic hydroxyl groups excluding tert-OH is 1. The molecule has 1 N–H and O–H groups in total. The minimum absolute atomic E-state index is 0.0231. The van der Waals surface area contributed by atoms with Gasteiger partial charge in [0.1, 0.15) is 0 Å². The van der Waals surface area contributed by atoms with Crippen molar-refractivity contribution in [3.05, 3.63) is 64.5 Å². The van der Waals surface area contributed by atoms with Crippen LogP contribution in [0.3, 0.4) is 0 Å². The van der Waals surface area contributed by atoms with E-state index in [1.807, 2.05) is 55.6 Å². The Labute approximate surface area is 140 Å². The topological polar surface area (TPSA) is 97.0 Å². The predicted octanol–water partition coefficient (Wildman–Crippen LogP) is 4.73. The molecule has 0 aliphatic carbocycles. The standard InChI is InChI=1S/C17H20N6O/c1-23(12-2-11-19-22-18)17-9-7-16(8-10-17)21-20-15-5-3-14(13-24)4-6-15/h3-10,24H,2,11-13H2,1H3. The van der Waals surface area contributed by atoms with Crippen LogP contribution >= 0.6 is 0 Å². The first kappa shape index (κ1) is 17.5. The summed E-state index contributed by atoms with van der Waals surface area (Å²) in [6, 6.07) is 15.1. The van der Waals surface area contributed by atoms with Gasteiger partial charge in [-0.15, -0.1) is 0 Å². The Balaban J connectivity index is 1.93. The monoisotopic (exact) mass is 324 g/mol. The van der Waals surface area contributed by atoms with E-state index in [0.717, 1.165) is 35.6 Å². The molecule has 0 atom stereocenters. The van der Waals surface area contributed by atoms with Crippen molar-refractivity contribution in [3.63, 3.8) is 0 Å². The first-order valence-corrected chi connectivity index (χ1v) is 7.66. The van der Waals surface area contributed by atoms with Crippen LogP contribution in [-0.2, 0) is 6.61 Å². The smallest absolute Gasteiger partial charge is 0.0858 e. The summed E-state index contributed by atoms with van der Waals surface area (Å²) in [5.41, 5.74) is 11.7. The summed E-state index contributed by atoms with van der Waals surface area (Å²) in [6.45, 7) is 1.34. The molecule has 0 saturated heterocycles. The van der Waals surface area contributed by atoms with E-state index in [4.69, 9.17) is 10.6 Å². The average molecular weight is 324 g/mol. The van der Waals surface area contributed by atoms with Crippen molar-refractivity contribution in [1.29, 1.82) is 0 Å². The summed E-state index contributed by atoms with van der Waals surface area (Å²) in [7, 11) is 2.00. The summed E-state index contributed by atoms with van der Waals surface area (Å²) in [5, 5.41) is 20.9. The number of nitrogens with zero attached hydrogens (tertiary/aromatic N) is 6. The lowest BCUT2D eigenvalue weighted by Gasteiger charge is -2.18. The maximum atomic E-state index is 9.01. The highest BCUT2D eigenvalue weighted by Crippen LogP contribution is 2.22. The summed E-state index contributed by atoms with van der Waals surface area (Å²) >= 11 is 0. The molecular weight excluding hydrogens is 304 g/mol. The molecule has 2 rings (SSSR count). The highest BCUT2D eigenvalue weighted by atomic mass is 16.3. The zero-order valence-electron chi connectivity index (χ0n) is 13.6. The summed E-state index contributed by atoms with van der Waals surface area (Å²) < 4.78 is 0. The Morgan fingerprint density at radius 1 is 1.00 bits per heavy atom. The van der Waals surface area contributed by atoms with E-state index in [1.165, 1.54) is 0 Å². The Kier molecular flexibility index (Phi) is 6.76. The Morgan fingerprint density at radius 3 is 2.12 bits per heavy atom. The van der Waals surface area contributed by atoms with Gasteiger partial charge in [0.05, 0.1) is 18.0 Å². The summed E-state index contributed by atoms with van der Waals surface area (Å²) in [4.78, 5) is 4.84. The third-order valence-corrected chi connectivity index (χ3v) is 3.51. The van der Waals surface area contributed by atoms with Crippen LogP contribution in [-0.4, -0.2) is 25.2 Å². The van der Waals surface area contributed by atoms with E-state index in [-0.39, 0.29) is 6.61 Å². The van der Waals surface area contributed by atoms with E-state index in [0.29, 0.717) is 6.54 Å². The van der Waals surface area contributed by atoms with Crippen molar-refractivity contribution < 1.29 is 5.11 Å². The lowest BCUT2D eigenvalue weighted by molar-refractivity contribution is 0.282. The lowest BCUT2D eigenvalue weighted by atomic mass is 10.2. The fourth-order valence-corrected chi connectivity index (χ4v) is 2.11. The second-order valence-corrected chi connectivity index (χ2v) is 5.27. The Morgan fingerprint density at radius 2 is 1.58 bits per heavy atom. The first-order chi connectivity index (χ1) is 11.7. The summed E-state index contributed by atoms with van der Waals surface area (Å²) in [6.07, 6.45) is 0.811. The molecule has 0 aliphatic heterocycles. The van der Waals surface area contributed by atoms with Crippen LogP contribution in [0.5, 0.6) is 0 Å². The van der Waals surface area contributed by atoms with E-state index in [9.17, 15) is 0 Å². The van der Waals surface area contributed by atoms with Gasteiger partial charge in [-0.2, -0.15) is 10.2 Å². The second-order valence-electron chi connectivity index (χ2n) is 5.27. The number of rotatable bonds is 8. The molecule has 0 aromatic heterocycles. The lowest BCUT2D eigenvalue weighted by Crippen LogP contribution is -2.18. The number of benzene rings is 2. The Hall–Kier alpha value is -2.89. The van der Waals surface area contributed by atoms with Gasteiger partial charge in [-0.05, 0) is 53.9 Å². The molecule has 0 heterocycles. The van der Waals surface area contributed by atoms with Gasteiger partial charge in [-0.25, -0.2) is 0 Å². The molecular formula is C17H20N6O. The van der Waals surface area contributed by atoms with Crippen LogP contribution in [0.15, 0.2) is 63.9 Å². The van der Waals surface area contributed by atoms with E-state index >= 15 is 0 Å². The summed E-state index contributed by atoms with van der Waals surface area (Å²) in [5.74, 6) is 0. The molecule has 0 aliphatic rings. The van der Waals surface area contributed by atoms with E-state index in [2.05, 4.69) is 25.2 Å². The number of hydrogen-bond donors (Lipinski definition) is 1. The van der Waals surface area contributed by atoms with Crippen LogP contribution < -0.4 is 4.90 Å². The predicted molar refractivity (Wildman–Crippen MR) is 94.9 cm³/mol. The number of anilines is 1. The normalized spacial score (nSPS) is 10.6. The molecule has 0 unspecified atom stereocenters. The van der Waals surface area contributed by atoms with Crippen molar-refractivity contribution in [2.75, 3.05) is 25.0 Å². The highest BCUT2D eigenvalue weighted by molar-refractivity contribution is 5.52. The quantitative estimate of drug-likeness (QED) is 0.328. The van der Waals surface area contributed by atoms with Gasteiger partial charge in [0.2, 0.25) is 0 Å². The molecule has 2 aromatic rings. The van der Waals surface area contributed by atoms with Crippen LogP contribution in [0.1, 0.15) is 12.0 Å². The number of hydrogen-bond acceptors (Lipinski definition) is 5. The van der Waals surface area contributed by atoms with Crippen LogP contribution in [0.4, 0.5) is 17.1 Å². The van der Waals surface area contributed by atoms with Gasteiger partial charge in [0.15, 0.2) is 0 Å². The van der Waals surface area contributed by atoms with Crippen molar-refractivity contribution in [3.8, 4) is 0 Å². The number of azo groups is 1. The molecule has 0 spiro atoms. The van der Waals surface area contributed by atoms with Gasteiger partial charge in [-0.3, -0.25) is 0 Å². The van der Waals surface area contributed by atoms with Gasteiger partial charge in [-0.1, -0.05) is 17.2 Å². The van der Waals surface area contributed by atoms with E-state index < -0.39 is 0 Å². The van der Waals surface area contributed by atoms with Crippen LogP contribution in [0, 0.1) is 0 Å². The van der Waals surface area contributed by atoms with Crippen LogP contribution in [0.25, 0.3) is 10.4 Å². The molecule has 2 aromatic carbocycles. The number of azide groups is 1. The zero-order valence-corrected chi connectivity index (χ0v) is 13.6. The van der Waals surface area contributed by atoms with Gasteiger partial charge in [0, 0.05) is 30.7 Å². The molecule has 7 heteroatoms. The van der Waals surface area contributed by atoms with Gasteiger partial charge >= 0.3 is 0 Å². The van der Waals surface area contributed by atoms with Crippen LogP contribution in [0.2, 0.25) is 0 Å². The van der Waals surface area contributed by atoms with Crippen molar-refractivity contribution in [2.45, 2.75) is 13.0 Å². The molecule has 0 fully saturated rings. The minimum atomic E-state index is 0.0231. The molecule has 0 amide bonds. The van der Waals surface area contributed by atoms with Crippen molar-refractivity contribution in [1.82, 2.24) is 0 Å². The second kappa shape index (κ2) is 9.29. The molecule has 0 saturated carbocycles. The molecule has 0 bridgehead atoms. The fraction of sp³-hybridized carbons (Fsp3) is 0.294. The largest absolute Gasteiger partial charge is 0.392 e. The minimum Gasteiger partial charge on any atom is -0.392 e. The molecule has 124 valence electrons. The third kappa shape index (κ3) is 5.39. The van der Waals surface area contributed by atoms with Crippen molar-refractivity contribution >= 4 is 17.1 Å². The third-order valence-electron chi connectivity index (χ3n) is 3.51. The number of aliphatic hydroxyl groups is 1. The average Bonchev–Trinajstić information content (AvgIpc) is 2.64. The van der Waals surface area contributed by atoms with Gasteiger partial charge in [0.25, 0.3) is 0 Å².